The van der Waals surface area contributed by atoms with Crippen molar-refractivity contribution in [3.63, 3.8) is 0 Å². The van der Waals surface area contributed by atoms with Gasteiger partial charge in [0.25, 0.3) is 5.91 Å². The molecule has 1 atom stereocenters. The van der Waals surface area contributed by atoms with Gasteiger partial charge in [-0.2, -0.15) is 0 Å². The molecule has 1 saturated heterocycles. The van der Waals surface area contributed by atoms with E-state index in [-0.39, 0.29) is 24.1 Å². The van der Waals surface area contributed by atoms with E-state index in [2.05, 4.69) is 33.4 Å². The van der Waals surface area contributed by atoms with E-state index in [0.717, 1.165) is 42.9 Å². The highest BCUT2D eigenvalue weighted by molar-refractivity contribution is 6.05. The number of carbonyl (C=O) groups is 3. The summed E-state index contributed by atoms with van der Waals surface area (Å²) in [6.07, 6.45) is 7.96. The average molecular weight is 416 g/mol. The van der Waals surface area contributed by atoms with E-state index in [1.807, 2.05) is 30.5 Å². The molecular formula is C24H24N4O3. The number of carbonyl (C=O) groups excluding carboxylic acids is 3. The van der Waals surface area contributed by atoms with Crippen molar-refractivity contribution in [3.05, 3.63) is 65.4 Å². The van der Waals surface area contributed by atoms with Crippen LogP contribution in [-0.4, -0.2) is 51.6 Å². The fourth-order valence-corrected chi connectivity index (χ4v) is 4.56. The minimum absolute atomic E-state index is 0.157. The Morgan fingerprint density at radius 3 is 2.81 bits per heavy atom. The molecule has 31 heavy (non-hydrogen) atoms. The van der Waals surface area contributed by atoms with Gasteiger partial charge in [0.2, 0.25) is 11.8 Å². The quantitative estimate of drug-likeness (QED) is 0.611. The molecule has 3 aliphatic heterocycles. The van der Waals surface area contributed by atoms with E-state index >= 15 is 0 Å². The molecular weight excluding hydrogens is 392 g/mol. The molecule has 1 aromatic heterocycles. The summed E-state index contributed by atoms with van der Waals surface area (Å²) < 4.78 is 0. The summed E-state index contributed by atoms with van der Waals surface area (Å²) in [7, 11) is 0. The number of fused-ring (bicyclic) bond motifs is 1. The molecule has 5 rings (SSSR count). The maximum atomic E-state index is 12.9. The van der Waals surface area contributed by atoms with Gasteiger partial charge in [-0.05, 0) is 48.2 Å². The Morgan fingerprint density at radius 1 is 1.10 bits per heavy atom. The molecule has 158 valence electrons. The number of hydrogen-bond acceptors (Lipinski definition) is 5. The number of amides is 3. The molecule has 1 N–H and O–H groups in total. The first-order valence-corrected chi connectivity index (χ1v) is 10.7. The largest absolute Gasteiger partial charge is 0.322 e. The zero-order valence-corrected chi connectivity index (χ0v) is 17.2. The number of aromatic nitrogens is 1. The maximum Gasteiger partial charge on any atom is 0.255 e. The lowest BCUT2D eigenvalue weighted by atomic mass is 10.0. The van der Waals surface area contributed by atoms with Gasteiger partial charge in [0.15, 0.2) is 0 Å². The zero-order chi connectivity index (χ0) is 21.4. The van der Waals surface area contributed by atoms with Crippen molar-refractivity contribution in [2.75, 3.05) is 13.1 Å². The number of imide groups is 1. The lowest BCUT2D eigenvalue weighted by Crippen LogP contribution is -2.52. The van der Waals surface area contributed by atoms with Crippen LogP contribution >= 0.6 is 0 Å². The lowest BCUT2D eigenvalue weighted by Gasteiger charge is -2.29. The maximum absolute atomic E-state index is 12.9. The van der Waals surface area contributed by atoms with Crippen LogP contribution in [0.25, 0.3) is 11.3 Å². The summed E-state index contributed by atoms with van der Waals surface area (Å²) >= 11 is 0. The number of pyridine rings is 1. The topological polar surface area (TPSA) is 82.6 Å². The van der Waals surface area contributed by atoms with Gasteiger partial charge in [0.05, 0.1) is 5.69 Å². The highest BCUT2D eigenvalue weighted by Crippen LogP contribution is 2.31. The first-order chi connectivity index (χ1) is 15.1. The minimum Gasteiger partial charge on any atom is -0.322 e. The van der Waals surface area contributed by atoms with Gasteiger partial charge in [-0.25, -0.2) is 0 Å². The fraction of sp³-hybridized carbons (Fsp3) is 0.333. The number of piperidine rings is 1. The number of benzene rings is 1. The summed E-state index contributed by atoms with van der Waals surface area (Å²) in [4.78, 5) is 45.1. The molecule has 7 heteroatoms. The van der Waals surface area contributed by atoms with Crippen molar-refractivity contribution in [2.45, 2.75) is 38.4 Å². The predicted octanol–water partition coefficient (Wildman–Crippen LogP) is 2.27. The summed E-state index contributed by atoms with van der Waals surface area (Å²) in [5.41, 5.74) is 4.55. The second-order valence-electron chi connectivity index (χ2n) is 8.32. The normalized spacial score (nSPS) is 21.4. The van der Waals surface area contributed by atoms with Gasteiger partial charge in [0, 0.05) is 49.9 Å². The van der Waals surface area contributed by atoms with Gasteiger partial charge in [-0.15, -0.1) is 0 Å². The molecule has 1 fully saturated rings. The van der Waals surface area contributed by atoms with Crippen LogP contribution in [0.1, 0.15) is 40.7 Å². The molecule has 0 saturated carbocycles. The molecule has 1 aromatic carbocycles. The predicted molar refractivity (Wildman–Crippen MR) is 115 cm³/mol. The molecule has 1 unspecified atom stereocenters. The van der Waals surface area contributed by atoms with E-state index in [9.17, 15) is 14.4 Å². The van der Waals surface area contributed by atoms with Gasteiger partial charge >= 0.3 is 0 Å². The van der Waals surface area contributed by atoms with Crippen LogP contribution in [0.5, 0.6) is 0 Å². The average Bonchev–Trinajstić information content (AvgIpc) is 3.10. The van der Waals surface area contributed by atoms with Crippen molar-refractivity contribution < 1.29 is 14.4 Å². The Balaban J connectivity index is 1.36. The Labute approximate surface area is 180 Å². The first-order valence-electron chi connectivity index (χ1n) is 10.7. The summed E-state index contributed by atoms with van der Waals surface area (Å²) in [6.45, 7) is 3.28. The molecule has 0 spiro atoms. The van der Waals surface area contributed by atoms with Crippen LogP contribution in [0, 0.1) is 0 Å². The van der Waals surface area contributed by atoms with Crippen LogP contribution in [0.3, 0.4) is 0 Å². The Morgan fingerprint density at radius 2 is 2.00 bits per heavy atom. The molecule has 0 bridgehead atoms. The van der Waals surface area contributed by atoms with E-state index in [0.29, 0.717) is 18.5 Å². The van der Waals surface area contributed by atoms with Crippen molar-refractivity contribution in [1.82, 2.24) is 20.1 Å². The molecule has 3 amide bonds. The van der Waals surface area contributed by atoms with Crippen molar-refractivity contribution in [3.8, 4) is 11.3 Å². The van der Waals surface area contributed by atoms with Crippen LogP contribution in [0.4, 0.5) is 0 Å². The van der Waals surface area contributed by atoms with Gasteiger partial charge in [-0.1, -0.05) is 18.2 Å². The number of nitrogens with one attached hydrogen (secondary N) is 1. The number of nitrogens with zero attached hydrogens (tertiary/aromatic N) is 3. The Kier molecular flexibility index (Phi) is 5.11. The van der Waals surface area contributed by atoms with Gasteiger partial charge < -0.3 is 4.90 Å². The van der Waals surface area contributed by atoms with Crippen molar-refractivity contribution in [1.29, 1.82) is 0 Å². The highest BCUT2D eigenvalue weighted by atomic mass is 16.2. The molecule has 2 aromatic rings. The monoisotopic (exact) mass is 416 g/mol. The van der Waals surface area contributed by atoms with E-state index in [4.69, 9.17) is 0 Å². The zero-order valence-electron chi connectivity index (χ0n) is 17.2. The van der Waals surface area contributed by atoms with Gasteiger partial charge in [0.1, 0.15) is 6.04 Å². The highest BCUT2D eigenvalue weighted by Gasteiger charge is 2.39. The summed E-state index contributed by atoms with van der Waals surface area (Å²) in [6, 6.07) is 9.29. The number of hydrogen-bond donors (Lipinski definition) is 1. The molecule has 3 aliphatic rings. The molecule has 0 aliphatic carbocycles. The molecule has 0 radical (unpaired) electrons. The van der Waals surface area contributed by atoms with Gasteiger partial charge in [-0.3, -0.25) is 29.6 Å². The standard InChI is InChI=1S/C24H24N4O3/c29-22-7-6-21(23(30)26-22)28-15-18-13-17(4-5-19(18)24(28)31)20-12-16(8-9-25-20)14-27-10-2-1-3-11-27/h1-2,4-5,8-9,12-13,21H,3,6-7,10-11,14-15H2,(H,26,29,30). The van der Waals surface area contributed by atoms with Crippen LogP contribution < -0.4 is 5.32 Å². The summed E-state index contributed by atoms with van der Waals surface area (Å²) in [5.74, 6) is -0.824. The van der Waals surface area contributed by atoms with E-state index < -0.39 is 6.04 Å². The third kappa shape index (κ3) is 3.88. The van der Waals surface area contributed by atoms with Crippen molar-refractivity contribution >= 4 is 17.7 Å². The SMILES string of the molecule is O=C1CCC(N2Cc3cc(-c4cc(CN5CC=CCC5)ccn4)ccc3C2=O)C(=O)N1. The first kappa shape index (κ1) is 19.6. The van der Waals surface area contributed by atoms with E-state index in [1.54, 1.807) is 4.90 Å². The molecule has 4 heterocycles. The fourth-order valence-electron chi connectivity index (χ4n) is 4.56. The van der Waals surface area contributed by atoms with Crippen LogP contribution in [-0.2, 0) is 22.7 Å². The lowest BCUT2D eigenvalue weighted by molar-refractivity contribution is -0.136. The molecule has 7 nitrogen and oxygen atoms in total. The third-order valence-electron chi connectivity index (χ3n) is 6.19. The smallest absolute Gasteiger partial charge is 0.255 e. The second kappa shape index (κ2) is 8.07. The Bertz CT molecular complexity index is 1090. The van der Waals surface area contributed by atoms with Crippen molar-refractivity contribution in [2.24, 2.45) is 0 Å². The second-order valence-corrected chi connectivity index (χ2v) is 8.32. The summed E-state index contributed by atoms with van der Waals surface area (Å²) in [5, 5.41) is 2.34. The van der Waals surface area contributed by atoms with Crippen LogP contribution in [0.15, 0.2) is 48.7 Å². The van der Waals surface area contributed by atoms with Crippen LogP contribution in [0.2, 0.25) is 0 Å². The van der Waals surface area contributed by atoms with E-state index in [1.165, 1.54) is 5.56 Å². The third-order valence-corrected chi connectivity index (χ3v) is 6.19. The Hall–Kier alpha value is -3.32. The number of rotatable bonds is 4. The minimum atomic E-state index is -0.596.